The molecule has 144 valence electrons. The van der Waals surface area contributed by atoms with Crippen LogP contribution in [0.2, 0.25) is 0 Å². The van der Waals surface area contributed by atoms with Crippen molar-refractivity contribution >= 4 is 22.0 Å². The molecule has 2 N–H and O–H groups in total. The number of hydrogen-bond donors (Lipinski definition) is 2. The second-order valence-electron chi connectivity index (χ2n) is 7.32. The van der Waals surface area contributed by atoms with Gasteiger partial charge < -0.3 is 9.84 Å². The van der Waals surface area contributed by atoms with Crippen LogP contribution >= 0.6 is 0 Å². The van der Waals surface area contributed by atoms with E-state index in [0.717, 1.165) is 10.5 Å². The first-order valence-electron chi connectivity index (χ1n) is 8.20. The second kappa shape index (κ2) is 7.24. The van der Waals surface area contributed by atoms with Gasteiger partial charge in [0.1, 0.15) is 11.6 Å². The first-order chi connectivity index (χ1) is 11.9. The predicted octanol–water partition coefficient (Wildman–Crippen LogP) is 1.17. The normalized spacial score (nSPS) is 20.7. The third-order valence-electron chi connectivity index (χ3n) is 3.78. The molecule has 0 bridgehead atoms. The van der Waals surface area contributed by atoms with Crippen LogP contribution in [0.25, 0.3) is 0 Å². The lowest BCUT2D eigenvalue weighted by atomic mass is 10.2. The minimum atomic E-state index is -4.08. The van der Waals surface area contributed by atoms with Crippen molar-refractivity contribution in [3.8, 4) is 0 Å². The highest BCUT2D eigenvalue weighted by atomic mass is 32.2. The molecule has 1 fully saturated rings. The molecule has 2 amide bonds. The number of nitrogens with one attached hydrogen (secondary N) is 1. The fourth-order valence-electron chi connectivity index (χ4n) is 2.56. The van der Waals surface area contributed by atoms with Gasteiger partial charge in [0.05, 0.1) is 17.5 Å². The molecule has 1 aliphatic heterocycles. The highest BCUT2D eigenvalue weighted by Crippen LogP contribution is 2.22. The molecule has 2 atom stereocenters. The predicted molar refractivity (Wildman–Crippen MR) is 93.9 cm³/mol. The Hall–Kier alpha value is -2.13. The zero-order valence-corrected chi connectivity index (χ0v) is 16.0. The minimum Gasteiger partial charge on any atom is -0.444 e. The van der Waals surface area contributed by atoms with Gasteiger partial charge in [-0.05, 0) is 39.8 Å². The fraction of sp³-hybridized carbons (Fsp3) is 0.529. The van der Waals surface area contributed by atoms with Gasteiger partial charge in [-0.1, -0.05) is 17.7 Å². The Bertz CT molecular complexity index is 782. The largest absolute Gasteiger partial charge is 0.444 e. The Morgan fingerprint density at radius 3 is 2.35 bits per heavy atom. The molecule has 1 aromatic rings. The molecule has 0 spiro atoms. The summed E-state index contributed by atoms with van der Waals surface area (Å²) < 4.78 is 31.9. The van der Waals surface area contributed by atoms with E-state index in [9.17, 15) is 23.1 Å². The molecule has 0 aliphatic carbocycles. The highest BCUT2D eigenvalue weighted by Gasteiger charge is 2.42. The fourth-order valence-corrected chi connectivity index (χ4v) is 3.57. The van der Waals surface area contributed by atoms with Gasteiger partial charge in [-0.25, -0.2) is 17.9 Å². The van der Waals surface area contributed by atoms with E-state index < -0.39 is 39.8 Å². The van der Waals surface area contributed by atoms with Crippen molar-refractivity contribution in [2.24, 2.45) is 0 Å². The molecular weight excluding hydrogens is 360 g/mol. The summed E-state index contributed by atoms with van der Waals surface area (Å²) in [6.45, 7) is 6.74. The Labute approximate surface area is 153 Å². The molecule has 0 radical (unpaired) electrons. The van der Waals surface area contributed by atoms with E-state index in [2.05, 4.69) is 0 Å². The number of carbonyl (C=O) groups excluding carboxylic acids is 2. The quantitative estimate of drug-likeness (QED) is 0.809. The lowest BCUT2D eigenvalue weighted by Gasteiger charge is -2.27. The van der Waals surface area contributed by atoms with Crippen LogP contribution in [0.1, 0.15) is 32.8 Å². The summed E-state index contributed by atoms with van der Waals surface area (Å²) in [4.78, 5) is 25.7. The Morgan fingerprint density at radius 2 is 1.81 bits per heavy atom. The van der Waals surface area contributed by atoms with E-state index in [1.807, 2.05) is 11.6 Å². The number of β-amino-alcohol motifs (C(OH)–C–C–N with tert-alkyl or cyclic N) is 1. The lowest BCUT2D eigenvalue weighted by Crippen LogP contribution is -2.48. The molecule has 9 heteroatoms. The standard InChI is InChI=1S/C17H24N2O6S/c1-11-5-7-13(8-6-11)26(23,24)18-15(21)14-9-12(20)10-19(14)16(22)25-17(2,3)4/h5-8,12,14,20H,9-10H2,1-4H3,(H,18,21)/t12-,14+/m1/s1. The summed E-state index contributed by atoms with van der Waals surface area (Å²) in [5.74, 6) is -0.881. The molecule has 0 saturated carbocycles. The maximum Gasteiger partial charge on any atom is 0.411 e. The van der Waals surface area contributed by atoms with Gasteiger partial charge in [0.2, 0.25) is 0 Å². The SMILES string of the molecule is Cc1ccc(S(=O)(=O)NC(=O)[C@@H]2C[C@@H](O)CN2C(=O)OC(C)(C)C)cc1. The van der Waals surface area contributed by atoms with Crippen molar-refractivity contribution in [2.45, 2.75) is 56.8 Å². The number of aryl methyl sites for hydroxylation is 1. The summed E-state index contributed by atoms with van der Waals surface area (Å²) in [6, 6.07) is 4.89. The van der Waals surface area contributed by atoms with E-state index in [0.29, 0.717) is 0 Å². The van der Waals surface area contributed by atoms with Crippen LogP contribution in [0.15, 0.2) is 29.2 Å². The van der Waals surface area contributed by atoms with Crippen molar-refractivity contribution in [2.75, 3.05) is 6.54 Å². The third-order valence-corrected chi connectivity index (χ3v) is 5.14. The number of aliphatic hydroxyl groups is 1. The third kappa shape index (κ3) is 4.95. The number of nitrogens with zero attached hydrogens (tertiary/aromatic N) is 1. The number of carbonyl (C=O) groups is 2. The summed E-state index contributed by atoms with van der Waals surface area (Å²) in [5.41, 5.74) is 0.102. The van der Waals surface area contributed by atoms with E-state index in [-0.39, 0.29) is 17.9 Å². The van der Waals surface area contributed by atoms with Crippen molar-refractivity contribution in [3.63, 3.8) is 0 Å². The monoisotopic (exact) mass is 384 g/mol. The summed E-state index contributed by atoms with van der Waals surface area (Å²) in [6.07, 6.45) is -1.77. The smallest absolute Gasteiger partial charge is 0.411 e. The van der Waals surface area contributed by atoms with Gasteiger partial charge >= 0.3 is 6.09 Å². The molecule has 2 rings (SSSR count). The number of sulfonamides is 1. The Morgan fingerprint density at radius 1 is 1.23 bits per heavy atom. The topological polar surface area (TPSA) is 113 Å². The van der Waals surface area contributed by atoms with E-state index in [1.165, 1.54) is 12.1 Å². The van der Waals surface area contributed by atoms with Crippen LogP contribution in [0.5, 0.6) is 0 Å². The zero-order chi connectivity index (χ0) is 19.7. The molecule has 8 nitrogen and oxygen atoms in total. The summed E-state index contributed by atoms with van der Waals surface area (Å²) in [5, 5.41) is 9.83. The van der Waals surface area contributed by atoms with Crippen molar-refractivity contribution in [1.29, 1.82) is 0 Å². The number of amides is 2. The van der Waals surface area contributed by atoms with Crippen LogP contribution in [0.4, 0.5) is 4.79 Å². The van der Waals surface area contributed by atoms with Gasteiger partial charge in [0, 0.05) is 6.42 Å². The van der Waals surface area contributed by atoms with Crippen LogP contribution in [-0.4, -0.2) is 54.7 Å². The zero-order valence-electron chi connectivity index (χ0n) is 15.2. The number of rotatable bonds is 3. The van der Waals surface area contributed by atoms with Crippen LogP contribution < -0.4 is 4.72 Å². The van der Waals surface area contributed by atoms with Crippen LogP contribution in [0.3, 0.4) is 0 Å². The maximum absolute atomic E-state index is 12.5. The summed E-state index contributed by atoms with van der Waals surface area (Å²) in [7, 11) is -4.08. The first kappa shape index (κ1) is 20.2. The number of aliphatic hydroxyl groups excluding tert-OH is 1. The average molecular weight is 384 g/mol. The Balaban J connectivity index is 2.16. The average Bonchev–Trinajstić information content (AvgIpc) is 2.88. The van der Waals surface area contributed by atoms with Crippen molar-refractivity contribution in [3.05, 3.63) is 29.8 Å². The van der Waals surface area contributed by atoms with Gasteiger partial charge in [-0.3, -0.25) is 9.69 Å². The van der Waals surface area contributed by atoms with Gasteiger partial charge in [-0.15, -0.1) is 0 Å². The van der Waals surface area contributed by atoms with Crippen molar-refractivity contribution < 1.29 is 27.9 Å². The number of likely N-dealkylation sites (tertiary alicyclic amines) is 1. The maximum atomic E-state index is 12.5. The summed E-state index contributed by atoms with van der Waals surface area (Å²) >= 11 is 0. The molecule has 0 aromatic heterocycles. The van der Waals surface area contributed by atoms with Gasteiger partial charge in [0.25, 0.3) is 15.9 Å². The lowest BCUT2D eigenvalue weighted by molar-refractivity contribution is -0.123. The second-order valence-corrected chi connectivity index (χ2v) is 9.00. The number of ether oxygens (including phenoxy) is 1. The molecule has 1 saturated heterocycles. The molecule has 1 heterocycles. The van der Waals surface area contributed by atoms with Gasteiger partial charge in [-0.2, -0.15) is 0 Å². The molecular formula is C17H24N2O6S. The Kier molecular flexibility index (Phi) is 5.62. The molecule has 26 heavy (non-hydrogen) atoms. The van der Waals surface area contributed by atoms with Crippen LogP contribution in [0, 0.1) is 6.92 Å². The van der Waals surface area contributed by atoms with Gasteiger partial charge in [0.15, 0.2) is 0 Å². The van der Waals surface area contributed by atoms with E-state index in [4.69, 9.17) is 4.74 Å². The van der Waals surface area contributed by atoms with E-state index in [1.54, 1.807) is 32.9 Å². The van der Waals surface area contributed by atoms with Crippen molar-refractivity contribution in [1.82, 2.24) is 9.62 Å². The number of benzene rings is 1. The molecule has 0 unspecified atom stereocenters. The van der Waals surface area contributed by atoms with E-state index >= 15 is 0 Å². The highest BCUT2D eigenvalue weighted by molar-refractivity contribution is 7.90. The minimum absolute atomic E-state index is 0.0567. The van der Waals surface area contributed by atoms with Crippen LogP contribution in [-0.2, 0) is 19.6 Å². The first-order valence-corrected chi connectivity index (χ1v) is 9.68. The molecule has 1 aromatic carbocycles. The number of hydrogen-bond acceptors (Lipinski definition) is 6. The molecule has 1 aliphatic rings.